The van der Waals surface area contributed by atoms with Crippen LogP contribution < -0.4 is 0 Å². The van der Waals surface area contributed by atoms with E-state index in [4.69, 9.17) is 42.9 Å². The number of carbonyl (C=O) groups excluding carboxylic acids is 1. The third kappa shape index (κ3) is 13.0. The first-order chi connectivity index (χ1) is 19.2. The maximum absolute atomic E-state index is 13.7. The number of hydrogen-bond acceptors (Lipinski definition) is 10. The van der Waals surface area contributed by atoms with Crippen LogP contribution in [0.2, 0.25) is 0 Å². The van der Waals surface area contributed by atoms with Crippen molar-refractivity contribution >= 4 is 5.97 Å². The summed E-state index contributed by atoms with van der Waals surface area (Å²) in [6, 6.07) is 0. The van der Waals surface area contributed by atoms with E-state index >= 15 is 0 Å². The van der Waals surface area contributed by atoms with Crippen LogP contribution in [0.25, 0.3) is 0 Å². The van der Waals surface area contributed by atoms with Gasteiger partial charge in [-0.25, -0.2) is 4.79 Å². The van der Waals surface area contributed by atoms with E-state index < -0.39 is 23.5 Å². The van der Waals surface area contributed by atoms with Gasteiger partial charge >= 0.3 is 11.9 Å². The Hall–Kier alpha value is -0.850. The van der Waals surface area contributed by atoms with Gasteiger partial charge in [-0.3, -0.25) is 9.62 Å². The van der Waals surface area contributed by atoms with E-state index in [0.29, 0.717) is 25.4 Å². The van der Waals surface area contributed by atoms with Crippen molar-refractivity contribution in [3.8, 4) is 0 Å². The fraction of sp³-hybridized carbons (Fsp3) is 0.967. The molecule has 0 saturated heterocycles. The number of ether oxygens (including phenoxy) is 7. The molecule has 0 bridgehead atoms. The van der Waals surface area contributed by atoms with Crippen LogP contribution in [0.5, 0.6) is 0 Å². The summed E-state index contributed by atoms with van der Waals surface area (Å²) in [4.78, 5) is 23.9. The molecule has 1 atom stereocenters. The van der Waals surface area contributed by atoms with Gasteiger partial charge in [0.25, 0.3) is 11.6 Å². The number of carbonyl (C=O) groups is 1. The molecule has 40 heavy (non-hydrogen) atoms. The highest BCUT2D eigenvalue weighted by molar-refractivity contribution is 5.77. The first-order valence-corrected chi connectivity index (χ1v) is 15.5. The number of unbranched alkanes of at least 4 members (excludes halogenated alkanes) is 4. The number of rotatable bonds is 28. The van der Waals surface area contributed by atoms with Crippen molar-refractivity contribution < 1.29 is 47.7 Å². The predicted octanol–water partition coefficient (Wildman–Crippen LogP) is 6.54. The fourth-order valence-electron chi connectivity index (χ4n) is 4.33. The van der Waals surface area contributed by atoms with Crippen molar-refractivity contribution in [2.24, 2.45) is 5.92 Å². The molecular weight excluding hydrogens is 520 g/mol. The highest BCUT2D eigenvalue weighted by Crippen LogP contribution is 2.41. The summed E-state index contributed by atoms with van der Waals surface area (Å²) in [5.74, 6) is -5.77. The molecule has 0 N–H and O–H groups in total. The van der Waals surface area contributed by atoms with E-state index in [9.17, 15) is 4.79 Å². The Bertz CT molecular complexity index is 603. The Morgan fingerprint density at radius 3 is 1.75 bits per heavy atom. The molecule has 240 valence electrons. The van der Waals surface area contributed by atoms with Crippen LogP contribution in [0.1, 0.15) is 114 Å². The molecule has 0 saturated carbocycles. The minimum absolute atomic E-state index is 0.0780. The SMILES string of the molecule is CCCOC(CCCCCCCC(C)C)(OC(OCC)(OCC)C(COCC)(OCC)OCC)C(=O)OOCC. The van der Waals surface area contributed by atoms with Gasteiger partial charge < -0.3 is 28.4 Å². The van der Waals surface area contributed by atoms with Crippen LogP contribution in [-0.4, -0.2) is 76.4 Å². The summed E-state index contributed by atoms with van der Waals surface area (Å²) in [7, 11) is 0. The standard InChI is InChI=1S/C30H60O10/c1-10-24-37-28(27(31)39-38-16-7,23-21-19-17-18-20-22-26(8)9)40-30(35-14-5,36-15-6)29(33-12-3,34-13-4)25-32-11-2/h26H,10-25H2,1-9H3. The lowest BCUT2D eigenvalue weighted by Crippen LogP contribution is -2.69. The highest BCUT2D eigenvalue weighted by Gasteiger charge is 2.64. The summed E-state index contributed by atoms with van der Waals surface area (Å²) in [6.45, 7) is 18.7. The second-order valence-electron chi connectivity index (χ2n) is 9.86. The largest absolute Gasteiger partial charge is 0.401 e. The minimum Gasteiger partial charge on any atom is -0.376 e. The van der Waals surface area contributed by atoms with Gasteiger partial charge in [-0.1, -0.05) is 52.9 Å². The minimum atomic E-state index is -2.03. The van der Waals surface area contributed by atoms with Crippen LogP contribution in [0.4, 0.5) is 0 Å². The molecule has 0 aliphatic carbocycles. The fourth-order valence-corrected chi connectivity index (χ4v) is 4.33. The lowest BCUT2D eigenvalue weighted by molar-refractivity contribution is -0.533. The Morgan fingerprint density at radius 2 is 1.25 bits per heavy atom. The molecule has 0 heterocycles. The van der Waals surface area contributed by atoms with Crippen molar-refractivity contribution in [2.75, 3.05) is 52.9 Å². The maximum atomic E-state index is 13.7. The summed E-state index contributed by atoms with van der Waals surface area (Å²) < 4.78 is 43.4. The lowest BCUT2D eigenvalue weighted by atomic mass is 10.0. The molecule has 0 radical (unpaired) electrons. The predicted molar refractivity (Wildman–Crippen MR) is 153 cm³/mol. The van der Waals surface area contributed by atoms with Gasteiger partial charge in [-0.2, -0.15) is 4.89 Å². The Kier molecular flexibility index (Phi) is 22.2. The van der Waals surface area contributed by atoms with Crippen molar-refractivity contribution in [2.45, 2.75) is 131 Å². The normalized spacial score (nSPS) is 14.1. The third-order valence-electron chi connectivity index (χ3n) is 6.08. The van der Waals surface area contributed by atoms with Crippen molar-refractivity contribution in [1.82, 2.24) is 0 Å². The van der Waals surface area contributed by atoms with E-state index in [0.717, 1.165) is 19.3 Å². The van der Waals surface area contributed by atoms with E-state index in [2.05, 4.69) is 13.8 Å². The summed E-state index contributed by atoms with van der Waals surface area (Å²) in [5, 5.41) is 0. The van der Waals surface area contributed by atoms with Gasteiger partial charge in [0.1, 0.15) is 6.61 Å². The molecule has 10 nitrogen and oxygen atoms in total. The molecular formula is C30H60O10. The van der Waals surface area contributed by atoms with Crippen LogP contribution in [-0.2, 0) is 47.7 Å². The second kappa shape index (κ2) is 22.7. The molecule has 0 aromatic rings. The molecule has 0 spiro atoms. The van der Waals surface area contributed by atoms with Crippen molar-refractivity contribution in [3.05, 3.63) is 0 Å². The molecule has 0 fully saturated rings. The zero-order valence-corrected chi connectivity index (χ0v) is 27.0. The Balaban J connectivity index is 6.61. The van der Waals surface area contributed by atoms with Crippen LogP contribution >= 0.6 is 0 Å². The third-order valence-corrected chi connectivity index (χ3v) is 6.08. The highest BCUT2D eigenvalue weighted by atomic mass is 17.2. The smallest absolute Gasteiger partial charge is 0.376 e. The van der Waals surface area contributed by atoms with E-state index in [1.165, 1.54) is 12.8 Å². The average molecular weight is 581 g/mol. The monoisotopic (exact) mass is 580 g/mol. The maximum Gasteiger partial charge on any atom is 0.401 e. The zero-order valence-electron chi connectivity index (χ0n) is 27.0. The van der Waals surface area contributed by atoms with Gasteiger partial charge in [-0.05, 0) is 60.3 Å². The van der Waals surface area contributed by atoms with Crippen LogP contribution in [0.15, 0.2) is 0 Å². The van der Waals surface area contributed by atoms with Gasteiger partial charge in [0.05, 0.1) is 13.2 Å². The Labute approximate surface area is 243 Å². The molecule has 0 aliphatic heterocycles. The van der Waals surface area contributed by atoms with Gasteiger partial charge in [0.2, 0.25) is 0 Å². The first kappa shape index (κ1) is 39.1. The molecule has 0 rings (SSSR count). The molecule has 10 heteroatoms. The van der Waals surface area contributed by atoms with E-state index in [1.54, 1.807) is 20.8 Å². The van der Waals surface area contributed by atoms with Crippen molar-refractivity contribution in [3.63, 3.8) is 0 Å². The Morgan fingerprint density at radius 1 is 0.675 bits per heavy atom. The first-order valence-electron chi connectivity index (χ1n) is 15.5. The zero-order chi connectivity index (χ0) is 30.3. The van der Waals surface area contributed by atoms with Crippen molar-refractivity contribution in [1.29, 1.82) is 0 Å². The quantitative estimate of drug-likeness (QED) is 0.0439. The van der Waals surface area contributed by atoms with E-state index in [1.807, 2.05) is 27.7 Å². The van der Waals surface area contributed by atoms with Crippen LogP contribution in [0.3, 0.4) is 0 Å². The molecule has 1 unspecified atom stereocenters. The second-order valence-corrected chi connectivity index (χ2v) is 9.86. The molecule has 0 amide bonds. The topological polar surface area (TPSA) is 100 Å². The summed E-state index contributed by atoms with van der Waals surface area (Å²) in [6.07, 6.45) is 6.90. The molecule has 0 aliphatic rings. The van der Waals surface area contributed by atoms with Crippen LogP contribution in [0, 0.1) is 5.92 Å². The molecule has 0 aromatic heterocycles. The summed E-state index contributed by atoms with van der Waals surface area (Å²) in [5.41, 5.74) is 0. The van der Waals surface area contributed by atoms with Gasteiger partial charge in [0.15, 0.2) is 0 Å². The number of hydrogen-bond donors (Lipinski definition) is 0. The average Bonchev–Trinajstić information content (AvgIpc) is 2.92. The molecule has 0 aromatic carbocycles. The van der Waals surface area contributed by atoms with Gasteiger partial charge in [-0.15, -0.1) is 0 Å². The summed E-state index contributed by atoms with van der Waals surface area (Å²) >= 11 is 0. The lowest BCUT2D eigenvalue weighted by Gasteiger charge is -2.49. The van der Waals surface area contributed by atoms with Gasteiger partial charge in [0, 0.05) is 39.5 Å². The van der Waals surface area contributed by atoms with E-state index in [-0.39, 0.29) is 52.7 Å².